The van der Waals surface area contributed by atoms with E-state index in [0.29, 0.717) is 12.3 Å². The van der Waals surface area contributed by atoms with Crippen LogP contribution in [0.5, 0.6) is 0 Å². The highest BCUT2D eigenvalue weighted by Gasteiger charge is 2.69. The van der Waals surface area contributed by atoms with Gasteiger partial charge in [-0.05, 0) is 105 Å². The van der Waals surface area contributed by atoms with Gasteiger partial charge >= 0.3 is 11.9 Å². The van der Waals surface area contributed by atoms with E-state index in [1.54, 1.807) is 0 Å². The first-order chi connectivity index (χ1) is 16.2. The molecule has 0 aliphatic heterocycles. The smallest absolute Gasteiger partial charge is 0.314 e. The van der Waals surface area contributed by atoms with E-state index in [0.717, 1.165) is 56.9 Å². The van der Waals surface area contributed by atoms with Gasteiger partial charge in [0.1, 0.15) is 0 Å². The first-order valence-corrected chi connectivity index (χ1v) is 13.9. The van der Waals surface area contributed by atoms with Crippen molar-refractivity contribution in [1.29, 1.82) is 0 Å². The summed E-state index contributed by atoms with van der Waals surface area (Å²) < 4.78 is 5.01. The number of carbonyl (C=O) groups excluding carboxylic acids is 1. The Hall–Kier alpha value is -1.58. The molecule has 4 rings (SSSR count). The number of carboxylic acids is 1. The lowest BCUT2D eigenvalue weighted by Crippen LogP contribution is -2.63. The molecular weight excluding hydrogens is 436 g/mol. The maximum absolute atomic E-state index is 13.5. The van der Waals surface area contributed by atoms with Gasteiger partial charge in [-0.1, -0.05) is 57.9 Å². The van der Waals surface area contributed by atoms with Gasteiger partial charge in [0, 0.05) is 6.42 Å². The summed E-state index contributed by atoms with van der Waals surface area (Å²) in [6, 6.07) is 0. The van der Waals surface area contributed by atoms with Crippen LogP contribution in [0.2, 0.25) is 0 Å². The van der Waals surface area contributed by atoms with Gasteiger partial charge in [-0.25, -0.2) is 0 Å². The van der Waals surface area contributed by atoms with Gasteiger partial charge in [-0.3, -0.25) is 9.59 Å². The Labute approximate surface area is 213 Å². The van der Waals surface area contributed by atoms with Crippen LogP contribution in [0.3, 0.4) is 0 Å². The number of allylic oxidation sites excluding steroid dienone is 2. The number of hydrogen-bond acceptors (Lipinski definition) is 3. The zero-order valence-corrected chi connectivity index (χ0v) is 23.3. The van der Waals surface area contributed by atoms with Crippen molar-refractivity contribution in [1.82, 2.24) is 0 Å². The van der Waals surface area contributed by atoms with Crippen molar-refractivity contribution in [3.63, 3.8) is 0 Å². The van der Waals surface area contributed by atoms with E-state index >= 15 is 0 Å². The lowest BCUT2D eigenvalue weighted by atomic mass is 9.36. The van der Waals surface area contributed by atoms with Gasteiger partial charge < -0.3 is 9.84 Å². The molecule has 0 saturated heterocycles. The van der Waals surface area contributed by atoms with Crippen molar-refractivity contribution in [3.8, 4) is 0 Å². The maximum atomic E-state index is 13.5. The van der Waals surface area contributed by atoms with E-state index in [-0.39, 0.29) is 33.5 Å². The molecule has 4 aliphatic rings. The molecule has 3 fully saturated rings. The Bertz CT molecular complexity index is 959. The minimum absolute atomic E-state index is 0.149. The normalized spacial score (nSPS) is 42.4. The summed E-state index contributed by atoms with van der Waals surface area (Å²) in [4.78, 5) is 25.7. The van der Waals surface area contributed by atoms with E-state index in [9.17, 15) is 14.7 Å². The van der Waals surface area contributed by atoms with Crippen LogP contribution in [0.15, 0.2) is 23.3 Å². The minimum atomic E-state index is -0.801. The van der Waals surface area contributed by atoms with Gasteiger partial charge in [-0.2, -0.15) is 0 Å². The number of methoxy groups -OCH3 is 1. The Morgan fingerprint density at radius 3 is 2.26 bits per heavy atom. The van der Waals surface area contributed by atoms with Crippen LogP contribution in [0.4, 0.5) is 0 Å². The molecule has 0 bridgehead atoms. The topological polar surface area (TPSA) is 63.6 Å². The van der Waals surface area contributed by atoms with E-state index in [1.165, 1.54) is 31.1 Å². The van der Waals surface area contributed by atoms with Gasteiger partial charge in [0.2, 0.25) is 0 Å². The van der Waals surface area contributed by atoms with Gasteiger partial charge in [0.05, 0.1) is 12.5 Å². The molecule has 196 valence electrons. The average Bonchev–Trinajstić information content (AvgIpc) is 2.77. The number of carboxylic acid groups (broad SMARTS) is 1. The molecule has 0 unspecified atom stereocenters. The molecule has 0 heterocycles. The molecule has 6 atom stereocenters. The maximum Gasteiger partial charge on any atom is 0.314 e. The minimum Gasteiger partial charge on any atom is -0.481 e. The number of carbonyl (C=O) groups is 2. The second kappa shape index (κ2) is 8.48. The highest BCUT2D eigenvalue weighted by molar-refractivity contribution is 5.81. The van der Waals surface area contributed by atoms with Crippen molar-refractivity contribution < 1.29 is 19.4 Å². The Balaban J connectivity index is 1.87. The quantitative estimate of drug-likeness (QED) is 0.320. The van der Waals surface area contributed by atoms with Crippen molar-refractivity contribution in [2.24, 2.45) is 38.9 Å². The summed E-state index contributed by atoms with van der Waals surface area (Å²) in [6.07, 6.45) is 9.97. The number of esters is 1. The van der Waals surface area contributed by atoms with Crippen LogP contribution >= 0.6 is 0 Å². The summed E-state index contributed by atoms with van der Waals surface area (Å²) in [6.45, 7) is 18.2. The molecule has 0 spiro atoms. The van der Waals surface area contributed by atoms with Crippen LogP contribution in [0, 0.1) is 38.9 Å². The molecule has 1 N–H and O–H groups in total. The van der Waals surface area contributed by atoms with Gasteiger partial charge in [0.25, 0.3) is 0 Å². The number of aliphatic carboxylic acids is 1. The number of rotatable bonds is 5. The Kier molecular flexibility index (Phi) is 6.42. The Morgan fingerprint density at radius 1 is 1.00 bits per heavy atom. The second-order valence-electron chi connectivity index (χ2n) is 14.1. The van der Waals surface area contributed by atoms with Crippen LogP contribution < -0.4 is 0 Å². The molecule has 4 aliphatic carbocycles. The van der Waals surface area contributed by atoms with Crippen molar-refractivity contribution >= 4 is 11.9 Å². The van der Waals surface area contributed by atoms with Gasteiger partial charge in [0.15, 0.2) is 0 Å². The highest BCUT2D eigenvalue weighted by Crippen LogP contribution is 2.74. The molecule has 35 heavy (non-hydrogen) atoms. The third-order valence-corrected chi connectivity index (χ3v) is 11.7. The molecular formula is C31H48O4. The average molecular weight is 485 g/mol. The fourth-order valence-corrected chi connectivity index (χ4v) is 9.64. The van der Waals surface area contributed by atoms with Crippen molar-refractivity contribution in [3.05, 3.63) is 23.3 Å². The highest BCUT2D eigenvalue weighted by atomic mass is 16.5. The van der Waals surface area contributed by atoms with Crippen LogP contribution in [0.1, 0.15) is 112 Å². The zero-order chi connectivity index (χ0) is 26.0. The summed E-state index contributed by atoms with van der Waals surface area (Å²) in [5.41, 5.74) is 3.01. The number of fused-ring (bicyclic) bond motifs is 4. The third-order valence-electron chi connectivity index (χ3n) is 11.7. The summed E-state index contributed by atoms with van der Waals surface area (Å²) in [5, 5.41) is 11.1. The van der Waals surface area contributed by atoms with E-state index in [1.807, 2.05) is 0 Å². The molecule has 0 radical (unpaired) electrons. The van der Waals surface area contributed by atoms with Crippen LogP contribution in [-0.4, -0.2) is 24.2 Å². The largest absolute Gasteiger partial charge is 0.481 e. The van der Waals surface area contributed by atoms with E-state index in [4.69, 9.17) is 4.74 Å². The van der Waals surface area contributed by atoms with Crippen LogP contribution in [-0.2, 0) is 14.3 Å². The first kappa shape index (κ1) is 26.5. The molecule has 4 nitrogen and oxygen atoms in total. The standard InChI is InChI=1S/C31H48O4/c1-20(2)21-11-14-30(7)24(29(21,6)13-12-25(32)35-8)10-9-22-23-19-27(3,4)15-16-28(23,5)17-18-31(22,30)26(33)34/h21,24H,1,9-19H2,2-8H3,(H,33,34)/t21-,24+,28+,29-,30+,31+/m0/s1. The first-order valence-electron chi connectivity index (χ1n) is 13.9. The lowest BCUT2D eigenvalue weighted by molar-refractivity contribution is -0.183. The number of ether oxygens (including phenoxy) is 1. The SMILES string of the molecule is C=C(C)[C@@H]1CC[C@]2(C)[C@H](CCC3=C4CC(C)(C)CC[C@]4(C)CC[C@]32C(=O)O)[C@@]1(C)CCC(=O)OC. The summed E-state index contributed by atoms with van der Waals surface area (Å²) in [7, 11) is 1.45. The Morgan fingerprint density at radius 2 is 1.66 bits per heavy atom. The predicted molar refractivity (Wildman–Crippen MR) is 140 cm³/mol. The second-order valence-corrected chi connectivity index (χ2v) is 14.1. The third kappa shape index (κ3) is 3.75. The van der Waals surface area contributed by atoms with Crippen molar-refractivity contribution in [2.45, 2.75) is 112 Å². The molecule has 0 aromatic carbocycles. The van der Waals surface area contributed by atoms with E-state index < -0.39 is 11.4 Å². The zero-order valence-electron chi connectivity index (χ0n) is 23.3. The van der Waals surface area contributed by atoms with Crippen LogP contribution in [0.25, 0.3) is 0 Å². The monoisotopic (exact) mass is 484 g/mol. The summed E-state index contributed by atoms with van der Waals surface area (Å²) >= 11 is 0. The van der Waals surface area contributed by atoms with E-state index in [2.05, 4.69) is 48.1 Å². The molecule has 0 aromatic rings. The van der Waals surface area contributed by atoms with Gasteiger partial charge in [-0.15, -0.1) is 0 Å². The molecule has 3 saturated carbocycles. The predicted octanol–water partition coefficient (Wildman–Crippen LogP) is 7.73. The fraction of sp³-hybridized carbons (Fsp3) is 0.806. The molecule has 0 amide bonds. The molecule has 0 aromatic heterocycles. The number of hydrogen-bond donors (Lipinski definition) is 1. The lowest BCUT2D eigenvalue weighted by Gasteiger charge is -2.67. The fourth-order valence-electron chi connectivity index (χ4n) is 9.64. The van der Waals surface area contributed by atoms with Crippen molar-refractivity contribution in [2.75, 3.05) is 7.11 Å². The summed E-state index contributed by atoms with van der Waals surface area (Å²) in [5.74, 6) is -0.255. The molecule has 4 heteroatoms.